The Hall–Kier alpha value is -2.14. The maximum absolute atomic E-state index is 12.3. The standard InChI is InChI=1S/C53H96O5/c1-3-5-7-9-11-13-15-17-19-21-23-25-26-28-30-32-34-36-38-40-42-44-46-48-53(56)58-51(49-54)50-57-52(55)47-45-43-41-39-37-35-33-31-29-27-24-22-20-18-16-14-12-10-8-6-4-2/h15-18,21-24,51,54H,3-14,19-20,25-50H2,1-2H3/b17-15-,18-16-,23-21-,24-22-. The number of unbranched alkanes of at least 4 members (excludes halogenated alkanes) is 30. The van der Waals surface area contributed by atoms with Crippen molar-refractivity contribution in [1.29, 1.82) is 0 Å². The van der Waals surface area contributed by atoms with E-state index < -0.39 is 6.10 Å². The normalized spacial score (nSPS) is 12.5. The molecule has 5 heteroatoms. The first-order valence-electron chi connectivity index (χ1n) is 25.2. The number of carbonyl (C=O) groups is 2. The van der Waals surface area contributed by atoms with Gasteiger partial charge < -0.3 is 14.6 Å². The zero-order valence-corrected chi connectivity index (χ0v) is 38.6. The zero-order valence-electron chi connectivity index (χ0n) is 38.6. The second-order valence-corrected chi connectivity index (χ2v) is 16.9. The molecule has 0 bridgehead atoms. The van der Waals surface area contributed by atoms with Crippen LogP contribution in [-0.2, 0) is 19.1 Å². The number of ether oxygens (including phenoxy) is 2. The van der Waals surface area contributed by atoms with Gasteiger partial charge in [0.05, 0.1) is 6.61 Å². The molecule has 0 aliphatic carbocycles. The van der Waals surface area contributed by atoms with Gasteiger partial charge in [0.15, 0.2) is 6.10 Å². The van der Waals surface area contributed by atoms with Crippen molar-refractivity contribution in [3.05, 3.63) is 48.6 Å². The Morgan fingerprint density at radius 3 is 1.02 bits per heavy atom. The van der Waals surface area contributed by atoms with E-state index in [4.69, 9.17) is 9.47 Å². The van der Waals surface area contributed by atoms with E-state index in [1.165, 1.54) is 180 Å². The van der Waals surface area contributed by atoms with Crippen LogP contribution in [0, 0.1) is 0 Å². The van der Waals surface area contributed by atoms with Crippen LogP contribution in [0.5, 0.6) is 0 Å². The van der Waals surface area contributed by atoms with Crippen molar-refractivity contribution in [2.75, 3.05) is 13.2 Å². The molecular formula is C53H96O5. The van der Waals surface area contributed by atoms with Crippen LogP contribution in [0.2, 0.25) is 0 Å². The summed E-state index contributed by atoms with van der Waals surface area (Å²) < 4.78 is 10.7. The minimum absolute atomic E-state index is 0.0680. The molecule has 0 radical (unpaired) electrons. The summed E-state index contributed by atoms with van der Waals surface area (Å²) in [6, 6.07) is 0. The third-order valence-electron chi connectivity index (χ3n) is 11.1. The predicted molar refractivity (Wildman–Crippen MR) is 251 cm³/mol. The first-order chi connectivity index (χ1) is 28.6. The van der Waals surface area contributed by atoms with Gasteiger partial charge in [-0.1, -0.05) is 217 Å². The smallest absolute Gasteiger partial charge is 0.306 e. The third-order valence-corrected chi connectivity index (χ3v) is 11.1. The largest absolute Gasteiger partial charge is 0.462 e. The molecule has 5 nitrogen and oxygen atoms in total. The van der Waals surface area contributed by atoms with Crippen LogP contribution in [0.15, 0.2) is 48.6 Å². The predicted octanol–water partition coefficient (Wildman–Crippen LogP) is 16.5. The molecule has 58 heavy (non-hydrogen) atoms. The molecule has 0 aliphatic heterocycles. The van der Waals surface area contributed by atoms with Gasteiger partial charge in [0.1, 0.15) is 6.61 Å². The highest BCUT2D eigenvalue weighted by Gasteiger charge is 2.16. The minimum Gasteiger partial charge on any atom is -0.462 e. The second kappa shape index (κ2) is 49.2. The van der Waals surface area contributed by atoms with Crippen LogP contribution in [0.3, 0.4) is 0 Å². The molecule has 0 heterocycles. The molecule has 0 fully saturated rings. The second-order valence-electron chi connectivity index (χ2n) is 16.9. The van der Waals surface area contributed by atoms with Gasteiger partial charge in [-0.15, -0.1) is 0 Å². The number of esters is 2. The fourth-order valence-electron chi connectivity index (χ4n) is 7.26. The maximum Gasteiger partial charge on any atom is 0.306 e. The number of rotatable bonds is 46. The van der Waals surface area contributed by atoms with Gasteiger partial charge in [-0.05, 0) is 77.0 Å². The lowest BCUT2D eigenvalue weighted by molar-refractivity contribution is -0.161. The SMILES string of the molecule is CCCCCCC/C=C\C/C=C\CCCCCCCCCCCCCC(=O)OC(CO)COC(=O)CCCCCCCCCCC/C=C\C/C=C\CCCCCCC. The van der Waals surface area contributed by atoms with Gasteiger partial charge in [0.25, 0.3) is 0 Å². The molecule has 0 rings (SSSR count). The highest BCUT2D eigenvalue weighted by atomic mass is 16.6. The topological polar surface area (TPSA) is 72.8 Å². The van der Waals surface area contributed by atoms with Gasteiger partial charge in [0, 0.05) is 12.8 Å². The molecule has 1 unspecified atom stereocenters. The maximum atomic E-state index is 12.3. The molecular weight excluding hydrogens is 717 g/mol. The summed E-state index contributed by atoms with van der Waals surface area (Å²) in [7, 11) is 0. The van der Waals surface area contributed by atoms with E-state index in [9.17, 15) is 14.7 Å². The fourth-order valence-corrected chi connectivity index (χ4v) is 7.26. The molecule has 0 spiro atoms. The van der Waals surface area contributed by atoms with Crippen molar-refractivity contribution >= 4 is 11.9 Å². The van der Waals surface area contributed by atoms with E-state index in [1.807, 2.05) is 0 Å². The van der Waals surface area contributed by atoms with Gasteiger partial charge in [-0.2, -0.15) is 0 Å². The zero-order chi connectivity index (χ0) is 42.1. The summed E-state index contributed by atoms with van der Waals surface area (Å²) in [6.07, 6.45) is 63.4. The van der Waals surface area contributed by atoms with Crippen molar-refractivity contribution in [3.8, 4) is 0 Å². The van der Waals surface area contributed by atoms with E-state index in [-0.39, 0.29) is 25.2 Å². The Kier molecular flexibility index (Phi) is 47.4. The minimum atomic E-state index is -0.775. The number of aliphatic hydroxyl groups is 1. The molecule has 0 amide bonds. The van der Waals surface area contributed by atoms with E-state index >= 15 is 0 Å². The molecule has 1 N–H and O–H groups in total. The average Bonchev–Trinajstić information content (AvgIpc) is 3.23. The highest BCUT2D eigenvalue weighted by Crippen LogP contribution is 2.15. The van der Waals surface area contributed by atoms with Crippen LogP contribution in [0.1, 0.15) is 258 Å². The quantitative estimate of drug-likeness (QED) is 0.0376. The number of allylic oxidation sites excluding steroid dienone is 8. The molecule has 0 aromatic heterocycles. The Bertz CT molecular complexity index is 966. The van der Waals surface area contributed by atoms with Crippen molar-refractivity contribution in [1.82, 2.24) is 0 Å². The van der Waals surface area contributed by atoms with Crippen molar-refractivity contribution < 1.29 is 24.2 Å². The number of hydrogen-bond donors (Lipinski definition) is 1. The van der Waals surface area contributed by atoms with Crippen molar-refractivity contribution in [2.24, 2.45) is 0 Å². The van der Waals surface area contributed by atoms with Gasteiger partial charge >= 0.3 is 11.9 Å². The summed E-state index contributed by atoms with van der Waals surface area (Å²) in [5.74, 6) is -0.590. The lowest BCUT2D eigenvalue weighted by atomic mass is 10.0. The van der Waals surface area contributed by atoms with Crippen LogP contribution in [0.25, 0.3) is 0 Å². The van der Waals surface area contributed by atoms with E-state index in [2.05, 4.69) is 62.5 Å². The van der Waals surface area contributed by atoms with Gasteiger partial charge in [0.2, 0.25) is 0 Å². The van der Waals surface area contributed by atoms with Gasteiger partial charge in [-0.3, -0.25) is 9.59 Å². The third kappa shape index (κ3) is 46.5. The number of carbonyl (C=O) groups excluding carboxylic acids is 2. The lowest BCUT2D eigenvalue weighted by Gasteiger charge is -2.15. The number of aliphatic hydroxyl groups excluding tert-OH is 1. The van der Waals surface area contributed by atoms with Crippen LogP contribution >= 0.6 is 0 Å². The van der Waals surface area contributed by atoms with Crippen LogP contribution < -0.4 is 0 Å². The van der Waals surface area contributed by atoms with Crippen LogP contribution in [-0.4, -0.2) is 36.4 Å². The van der Waals surface area contributed by atoms with E-state index in [0.29, 0.717) is 12.8 Å². The summed E-state index contributed by atoms with van der Waals surface area (Å²) in [4.78, 5) is 24.4. The number of hydrogen-bond acceptors (Lipinski definition) is 5. The molecule has 0 aliphatic rings. The highest BCUT2D eigenvalue weighted by molar-refractivity contribution is 5.70. The Labute approximate surface area is 360 Å². The molecule has 1 atom stereocenters. The monoisotopic (exact) mass is 813 g/mol. The Morgan fingerprint density at radius 1 is 0.397 bits per heavy atom. The molecule has 0 aromatic rings. The molecule has 338 valence electrons. The van der Waals surface area contributed by atoms with Crippen molar-refractivity contribution in [3.63, 3.8) is 0 Å². The van der Waals surface area contributed by atoms with Crippen molar-refractivity contribution in [2.45, 2.75) is 264 Å². The van der Waals surface area contributed by atoms with E-state index in [1.54, 1.807) is 0 Å². The fraction of sp³-hybridized carbons (Fsp3) is 0.811. The Morgan fingerprint density at radius 2 is 0.690 bits per heavy atom. The molecule has 0 saturated heterocycles. The molecule has 0 aromatic carbocycles. The first kappa shape index (κ1) is 55.9. The molecule has 0 saturated carbocycles. The summed E-state index contributed by atoms with van der Waals surface area (Å²) in [5.41, 5.74) is 0. The summed E-state index contributed by atoms with van der Waals surface area (Å²) in [5, 5.41) is 9.62. The van der Waals surface area contributed by atoms with E-state index in [0.717, 1.165) is 51.4 Å². The van der Waals surface area contributed by atoms with Crippen LogP contribution in [0.4, 0.5) is 0 Å². The average molecular weight is 813 g/mol. The summed E-state index contributed by atoms with van der Waals surface area (Å²) >= 11 is 0. The van der Waals surface area contributed by atoms with Gasteiger partial charge in [-0.25, -0.2) is 0 Å². The Balaban J connectivity index is 3.51. The lowest BCUT2D eigenvalue weighted by Crippen LogP contribution is -2.28. The first-order valence-corrected chi connectivity index (χ1v) is 25.2. The summed E-state index contributed by atoms with van der Waals surface area (Å²) in [6.45, 7) is 4.14.